The van der Waals surface area contributed by atoms with Crippen LogP contribution in [0.15, 0.2) is 17.6 Å². The maximum absolute atomic E-state index is 8.88. The summed E-state index contributed by atoms with van der Waals surface area (Å²) in [6.07, 6.45) is 0.555. The Morgan fingerprint density at radius 2 is 2.56 bits per heavy atom. The van der Waals surface area contributed by atoms with E-state index in [1.807, 2.05) is 6.92 Å². The number of aliphatic hydroxyl groups is 1. The largest absolute Gasteiger partial charge is 0.385 e. The lowest BCUT2D eigenvalue weighted by Gasteiger charge is -2.01. The highest BCUT2D eigenvalue weighted by molar-refractivity contribution is 5.86. The lowest BCUT2D eigenvalue weighted by Crippen LogP contribution is -2.26. The molecule has 0 bridgehead atoms. The molecule has 0 rings (SSSR count). The fraction of sp³-hybridized carbons (Fsp3) is 0.500. The highest BCUT2D eigenvalue weighted by Gasteiger charge is 1.99. The summed E-state index contributed by atoms with van der Waals surface area (Å²) in [5, 5.41) is 8.88. The van der Waals surface area contributed by atoms with E-state index in [9.17, 15) is 0 Å². The molecular weight excluding hydrogens is 116 g/mol. The van der Waals surface area contributed by atoms with Crippen LogP contribution in [0.2, 0.25) is 0 Å². The topological polar surface area (TPSA) is 58.6 Å². The standard InChI is InChI=1S/C6H12N2O/c1-3-5(9)6(7)8-4-2/h3,5,9H,1,4H2,2H3,(H2,7,8). The van der Waals surface area contributed by atoms with Crippen LogP contribution in [0, 0.1) is 0 Å². The molecule has 0 aromatic carbocycles. The second-order valence-corrected chi connectivity index (χ2v) is 1.58. The first-order chi connectivity index (χ1) is 4.22. The van der Waals surface area contributed by atoms with Crippen molar-refractivity contribution >= 4 is 5.84 Å². The molecule has 3 nitrogen and oxygen atoms in total. The Kier molecular flexibility index (Phi) is 3.71. The fourth-order valence-corrected chi connectivity index (χ4v) is 0.397. The maximum atomic E-state index is 8.88. The van der Waals surface area contributed by atoms with Crippen molar-refractivity contribution in [3.05, 3.63) is 12.7 Å². The van der Waals surface area contributed by atoms with Crippen molar-refractivity contribution in [2.24, 2.45) is 10.7 Å². The minimum Gasteiger partial charge on any atom is -0.385 e. The predicted molar refractivity (Wildman–Crippen MR) is 38.4 cm³/mol. The molecule has 1 atom stereocenters. The molecule has 0 aromatic rings. The van der Waals surface area contributed by atoms with Gasteiger partial charge >= 0.3 is 0 Å². The lowest BCUT2D eigenvalue weighted by molar-refractivity contribution is 0.287. The Labute approximate surface area is 54.9 Å². The molecule has 3 heteroatoms. The fourth-order valence-electron chi connectivity index (χ4n) is 0.397. The van der Waals surface area contributed by atoms with Gasteiger partial charge in [0.1, 0.15) is 11.9 Å². The Morgan fingerprint density at radius 3 is 2.89 bits per heavy atom. The molecule has 0 saturated heterocycles. The average molecular weight is 128 g/mol. The number of aliphatic hydroxyl groups excluding tert-OH is 1. The third-order valence-electron chi connectivity index (χ3n) is 0.867. The van der Waals surface area contributed by atoms with Crippen LogP contribution in [0.25, 0.3) is 0 Å². The summed E-state index contributed by atoms with van der Waals surface area (Å²) in [5.74, 6) is 0.229. The summed E-state index contributed by atoms with van der Waals surface area (Å²) in [6, 6.07) is 0. The van der Waals surface area contributed by atoms with Crippen LogP contribution in [-0.4, -0.2) is 23.6 Å². The van der Waals surface area contributed by atoms with Crippen molar-refractivity contribution in [2.75, 3.05) is 6.54 Å². The van der Waals surface area contributed by atoms with E-state index in [0.29, 0.717) is 6.54 Å². The second kappa shape index (κ2) is 4.09. The molecule has 0 aliphatic heterocycles. The smallest absolute Gasteiger partial charge is 0.128 e. The number of hydrogen-bond acceptors (Lipinski definition) is 2. The van der Waals surface area contributed by atoms with E-state index in [2.05, 4.69) is 11.6 Å². The molecule has 3 N–H and O–H groups in total. The number of nitrogens with two attached hydrogens (primary N) is 1. The molecule has 0 radical (unpaired) electrons. The van der Waals surface area contributed by atoms with Gasteiger partial charge in [0.05, 0.1) is 0 Å². The van der Waals surface area contributed by atoms with Crippen molar-refractivity contribution in [3.63, 3.8) is 0 Å². The zero-order valence-electron chi connectivity index (χ0n) is 5.54. The van der Waals surface area contributed by atoms with Crippen LogP contribution < -0.4 is 5.73 Å². The van der Waals surface area contributed by atoms with E-state index in [0.717, 1.165) is 0 Å². The molecule has 0 aliphatic carbocycles. The summed E-state index contributed by atoms with van der Waals surface area (Å²) < 4.78 is 0. The van der Waals surface area contributed by atoms with E-state index in [-0.39, 0.29) is 5.84 Å². The first-order valence-electron chi connectivity index (χ1n) is 2.82. The number of nitrogens with zero attached hydrogens (tertiary/aromatic N) is 1. The molecule has 0 aromatic heterocycles. The van der Waals surface area contributed by atoms with E-state index in [4.69, 9.17) is 10.8 Å². The molecule has 0 aliphatic rings. The van der Waals surface area contributed by atoms with Crippen LogP contribution in [-0.2, 0) is 0 Å². The maximum Gasteiger partial charge on any atom is 0.128 e. The van der Waals surface area contributed by atoms with Crippen LogP contribution in [0.5, 0.6) is 0 Å². The Bertz CT molecular complexity index is 120. The quantitative estimate of drug-likeness (QED) is 0.317. The highest BCUT2D eigenvalue weighted by atomic mass is 16.3. The van der Waals surface area contributed by atoms with Crippen molar-refractivity contribution in [3.8, 4) is 0 Å². The van der Waals surface area contributed by atoms with Gasteiger partial charge in [0.15, 0.2) is 0 Å². The summed E-state index contributed by atoms with van der Waals surface area (Å²) in [5.41, 5.74) is 5.27. The average Bonchev–Trinajstić information content (AvgIpc) is 1.87. The number of rotatable bonds is 3. The number of hydrogen-bond donors (Lipinski definition) is 2. The van der Waals surface area contributed by atoms with Gasteiger partial charge in [-0.25, -0.2) is 0 Å². The van der Waals surface area contributed by atoms with Crippen LogP contribution in [0.1, 0.15) is 6.92 Å². The van der Waals surface area contributed by atoms with E-state index >= 15 is 0 Å². The molecule has 0 fully saturated rings. The molecule has 0 heterocycles. The summed E-state index contributed by atoms with van der Waals surface area (Å²) in [4.78, 5) is 3.77. The van der Waals surface area contributed by atoms with Crippen molar-refractivity contribution in [1.29, 1.82) is 0 Å². The predicted octanol–water partition coefficient (Wildman–Crippen LogP) is -0.0896. The van der Waals surface area contributed by atoms with Crippen LogP contribution in [0.3, 0.4) is 0 Å². The molecule has 0 spiro atoms. The Balaban J connectivity index is 3.84. The SMILES string of the molecule is C=CC(O)C(N)=NCC. The van der Waals surface area contributed by atoms with E-state index in [1.54, 1.807) is 0 Å². The zero-order chi connectivity index (χ0) is 7.28. The van der Waals surface area contributed by atoms with Gasteiger partial charge in [0.2, 0.25) is 0 Å². The first kappa shape index (κ1) is 8.17. The van der Waals surface area contributed by atoms with Crippen molar-refractivity contribution in [1.82, 2.24) is 0 Å². The first-order valence-corrected chi connectivity index (χ1v) is 2.82. The minimum absolute atomic E-state index is 0.229. The normalized spacial score (nSPS) is 15.1. The van der Waals surface area contributed by atoms with Gasteiger partial charge in [-0.05, 0) is 6.92 Å². The van der Waals surface area contributed by atoms with Crippen molar-refractivity contribution < 1.29 is 5.11 Å². The number of amidine groups is 1. The molecule has 0 amide bonds. The molecule has 52 valence electrons. The Morgan fingerprint density at radius 1 is 2.00 bits per heavy atom. The monoisotopic (exact) mass is 128 g/mol. The molecule has 1 unspecified atom stereocenters. The number of aliphatic imine (C=N–C) groups is 1. The van der Waals surface area contributed by atoms with E-state index in [1.165, 1.54) is 6.08 Å². The van der Waals surface area contributed by atoms with Gasteiger partial charge in [0.25, 0.3) is 0 Å². The summed E-state index contributed by atoms with van der Waals surface area (Å²) in [7, 11) is 0. The van der Waals surface area contributed by atoms with Gasteiger partial charge in [-0.15, -0.1) is 6.58 Å². The highest BCUT2D eigenvalue weighted by Crippen LogP contribution is 1.83. The van der Waals surface area contributed by atoms with Crippen molar-refractivity contribution in [2.45, 2.75) is 13.0 Å². The zero-order valence-corrected chi connectivity index (χ0v) is 5.54. The van der Waals surface area contributed by atoms with Gasteiger partial charge in [0, 0.05) is 6.54 Å². The minimum atomic E-state index is -0.787. The van der Waals surface area contributed by atoms with Gasteiger partial charge < -0.3 is 10.8 Å². The van der Waals surface area contributed by atoms with Gasteiger partial charge in [-0.3, -0.25) is 4.99 Å². The van der Waals surface area contributed by atoms with Gasteiger partial charge in [-0.2, -0.15) is 0 Å². The second-order valence-electron chi connectivity index (χ2n) is 1.58. The molecule has 9 heavy (non-hydrogen) atoms. The van der Waals surface area contributed by atoms with Crippen LogP contribution in [0.4, 0.5) is 0 Å². The molecule has 0 saturated carbocycles. The lowest BCUT2D eigenvalue weighted by atomic mass is 10.3. The van der Waals surface area contributed by atoms with Gasteiger partial charge in [-0.1, -0.05) is 6.08 Å². The van der Waals surface area contributed by atoms with Crippen LogP contribution >= 0.6 is 0 Å². The summed E-state index contributed by atoms with van der Waals surface area (Å²) in [6.45, 7) is 5.80. The third-order valence-corrected chi connectivity index (χ3v) is 0.867. The summed E-state index contributed by atoms with van der Waals surface area (Å²) >= 11 is 0. The molecular formula is C6H12N2O. The Hall–Kier alpha value is -0.830. The third kappa shape index (κ3) is 2.87. The van der Waals surface area contributed by atoms with E-state index < -0.39 is 6.10 Å².